The normalized spacial score (nSPS) is 20.4. The van der Waals surface area contributed by atoms with Gasteiger partial charge in [-0.3, -0.25) is 4.79 Å². The zero-order valence-electron chi connectivity index (χ0n) is 15.4. The summed E-state index contributed by atoms with van der Waals surface area (Å²) in [6, 6.07) is 0.245. The van der Waals surface area contributed by atoms with Crippen molar-refractivity contribution >= 4 is 5.91 Å². The van der Waals surface area contributed by atoms with Crippen LogP contribution in [0.2, 0.25) is 0 Å². The standard InChI is InChI=1S/C19H31N3O3/c1-16-18(25-15-20-16)19(23)22(17-7-13-24-14-8-17)12-6-11-21-9-4-2-3-5-10-21/h15,17H,2-14H2,1H3. The predicted octanol–water partition coefficient (Wildman–Crippen LogP) is 2.87. The van der Waals surface area contributed by atoms with Gasteiger partial charge in [-0.2, -0.15) is 0 Å². The molecule has 6 heteroatoms. The molecule has 0 radical (unpaired) electrons. The second-order valence-corrected chi connectivity index (χ2v) is 7.22. The van der Waals surface area contributed by atoms with Crippen molar-refractivity contribution in [2.45, 2.75) is 57.9 Å². The second kappa shape index (κ2) is 9.34. The molecule has 0 N–H and O–H groups in total. The number of likely N-dealkylation sites (tertiary alicyclic amines) is 1. The van der Waals surface area contributed by atoms with Crippen LogP contribution in [0, 0.1) is 6.92 Å². The summed E-state index contributed by atoms with van der Waals surface area (Å²) in [4.78, 5) is 21.6. The summed E-state index contributed by atoms with van der Waals surface area (Å²) >= 11 is 0. The third-order valence-corrected chi connectivity index (χ3v) is 5.40. The van der Waals surface area contributed by atoms with Gasteiger partial charge >= 0.3 is 0 Å². The lowest BCUT2D eigenvalue weighted by Gasteiger charge is -2.34. The van der Waals surface area contributed by atoms with Crippen molar-refractivity contribution in [3.8, 4) is 0 Å². The minimum absolute atomic E-state index is 0.0160. The molecular formula is C19H31N3O3. The number of aryl methyl sites for hydroxylation is 1. The molecule has 0 aromatic carbocycles. The highest BCUT2D eigenvalue weighted by molar-refractivity contribution is 5.92. The Morgan fingerprint density at radius 1 is 1.24 bits per heavy atom. The number of ether oxygens (including phenoxy) is 1. The van der Waals surface area contributed by atoms with Gasteiger partial charge in [-0.05, 0) is 58.7 Å². The fourth-order valence-corrected chi connectivity index (χ4v) is 3.91. The van der Waals surface area contributed by atoms with Crippen LogP contribution in [-0.2, 0) is 4.74 Å². The molecule has 0 atom stereocenters. The molecule has 1 amide bonds. The van der Waals surface area contributed by atoms with E-state index in [1.165, 1.54) is 45.2 Å². The molecule has 0 saturated carbocycles. The first-order chi connectivity index (χ1) is 12.3. The lowest BCUT2D eigenvalue weighted by molar-refractivity contribution is 0.0262. The Labute approximate surface area is 150 Å². The smallest absolute Gasteiger partial charge is 0.291 e. The third kappa shape index (κ3) is 5.05. The summed E-state index contributed by atoms with van der Waals surface area (Å²) in [5, 5.41) is 0. The Morgan fingerprint density at radius 3 is 2.60 bits per heavy atom. The number of rotatable bonds is 6. The Kier molecular flexibility index (Phi) is 6.87. The minimum Gasteiger partial charge on any atom is -0.438 e. The highest BCUT2D eigenvalue weighted by atomic mass is 16.5. The predicted molar refractivity (Wildman–Crippen MR) is 95.6 cm³/mol. The highest BCUT2D eigenvalue weighted by Crippen LogP contribution is 2.20. The number of amides is 1. The van der Waals surface area contributed by atoms with Gasteiger partial charge in [0.15, 0.2) is 6.39 Å². The molecular weight excluding hydrogens is 318 g/mol. The summed E-state index contributed by atoms with van der Waals surface area (Å²) in [6.07, 6.45) is 9.51. The highest BCUT2D eigenvalue weighted by Gasteiger charge is 2.29. The lowest BCUT2D eigenvalue weighted by Crippen LogP contribution is -2.44. The Hall–Kier alpha value is -1.40. The summed E-state index contributed by atoms with van der Waals surface area (Å²) in [6.45, 7) is 7.55. The van der Waals surface area contributed by atoms with Crippen molar-refractivity contribution < 1.29 is 13.9 Å². The minimum atomic E-state index is -0.0160. The molecule has 3 rings (SSSR count). The molecule has 2 aliphatic rings. The molecule has 6 nitrogen and oxygen atoms in total. The molecule has 2 aliphatic heterocycles. The van der Waals surface area contributed by atoms with Crippen molar-refractivity contribution in [1.29, 1.82) is 0 Å². The SMILES string of the molecule is Cc1ncoc1C(=O)N(CCCN1CCCCCC1)C1CCOCC1. The lowest BCUT2D eigenvalue weighted by atomic mass is 10.1. The molecule has 3 heterocycles. The van der Waals surface area contributed by atoms with E-state index in [1.54, 1.807) is 0 Å². The van der Waals surface area contributed by atoms with Crippen LogP contribution in [0.25, 0.3) is 0 Å². The van der Waals surface area contributed by atoms with Gasteiger partial charge in [0.05, 0.1) is 5.69 Å². The summed E-state index contributed by atoms with van der Waals surface area (Å²) in [7, 11) is 0. The average Bonchev–Trinajstić information content (AvgIpc) is 2.90. The molecule has 140 valence electrons. The van der Waals surface area contributed by atoms with Gasteiger partial charge in [-0.25, -0.2) is 4.98 Å². The fraction of sp³-hybridized carbons (Fsp3) is 0.789. The molecule has 25 heavy (non-hydrogen) atoms. The van der Waals surface area contributed by atoms with Crippen LogP contribution in [-0.4, -0.2) is 66.1 Å². The molecule has 1 aromatic rings. The summed E-state index contributed by atoms with van der Waals surface area (Å²) in [5.41, 5.74) is 0.676. The number of oxazole rings is 1. The van der Waals surface area contributed by atoms with Crippen molar-refractivity contribution in [3.63, 3.8) is 0 Å². The number of hydrogen-bond acceptors (Lipinski definition) is 5. The Balaban J connectivity index is 1.59. The van der Waals surface area contributed by atoms with E-state index in [2.05, 4.69) is 9.88 Å². The zero-order valence-corrected chi connectivity index (χ0v) is 15.4. The number of aromatic nitrogens is 1. The first-order valence-electron chi connectivity index (χ1n) is 9.77. The van der Waals surface area contributed by atoms with Crippen molar-refractivity contribution in [2.75, 3.05) is 39.4 Å². The summed E-state index contributed by atoms with van der Waals surface area (Å²) < 4.78 is 10.8. The van der Waals surface area contributed by atoms with Gasteiger partial charge in [0.25, 0.3) is 5.91 Å². The van der Waals surface area contributed by atoms with E-state index in [4.69, 9.17) is 9.15 Å². The van der Waals surface area contributed by atoms with Crippen LogP contribution in [0.4, 0.5) is 0 Å². The van der Waals surface area contributed by atoms with E-state index < -0.39 is 0 Å². The van der Waals surface area contributed by atoms with Crippen LogP contribution in [0.3, 0.4) is 0 Å². The van der Waals surface area contributed by atoms with Crippen molar-refractivity contribution in [1.82, 2.24) is 14.8 Å². The van der Waals surface area contributed by atoms with Gasteiger partial charge in [0, 0.05) is 25.8 Å². The molecule has 2 fully saturated rings. The largest absolute Gasteiger partial charge is 0.438 e. The molecule has 0 bridgehead atoms. The number of carbonyl (C=O) groups is 1. The first-order valence-corrected chi connectivity index (χ1v) is 9.77. The maximum Gasteiger partial charge on any atom is 0.291 e. The van der Waals surface area contributed by atoms with Gasteiger partial charge in [-0.1, -0.05) is 12.8 Å². The van der Waals surface area contributed by atoms with Crippen molar-refractivity contribution in [3.05, 3.63) is 17.8 Å². The molecule has 2 saturated heterocycles. The van der Waals surface area contributed by atoms with Crippen LogP contribution < -0.4 is 0 Å². The molecule has 0 aliphatic carbocycles. The van der Waals surface area contributed by atoms with E-state index in [0.29, 0.717) is 11.5 Å². The zero-order chi connectivity index (χ0) is 17.5. The van der Waals surface area contributed by atoms with E-state index in [-0.39, 0.29) is 11.9 Å². The molecule has 0 unspecified atom stereocenters. The maximum absolute atomic E-state index is 13.0. The number of nitrogens with zero attached hydrogens (tertiary/aromatic N) is 3. The van der Waals surface area contributed by atoms with E-state index in [0.717, 1.165) is 45.6 Å². The topological polar surface area (TPSA) is 58.8 Å². The third-order valence-electron chi connectivity index (χ3n) is 5.40. The van der Waals surface area contributed by atoms with E-state index in [1.807, 2.05) is 11.8 Å². The molecule has 0 spiro atoms. The van der Waals surface area contributed by atoms with Crippen LogP contribution in [0.15, 0.2) is 10.8 Å². The van der Waals surface area contributed by atoms with Crippen LogP contribution in [0.1, 0.15) is 61.2 Å². The Bertz CT molecular complexity index is 532. The maximum atomic E-state index is 13.0. The van der Waals surface area contributed by atoms with Gasteiger partial charge in [0.1, 0.15) is 0 Å². The second-order valence-electron chi connectivity index (χ2n) is 7.22. The quantitative estimate of drug-likeness (QED) is 0.790. The monoisotopic (exact) mass is 349 g/mol. The van der Waals surface area contributed by atoms with Crippen molar-refractivity contribution in [2.24, 2.45) is 0 Å². The summed E-state index contributed by atoms with van der Waals surface area (Å²) in [5.74, 6) is 0.374. The van der Waals surface area contributed by atoms with Crippen LogP contribution >= 0.6 is 0 Å². The van der Waals surface area contributed by atoms with Gasteiger partial charge < -0.3 is 19.0 Å². The van der Waals surface area contributed by atoms with E-state index in [9.17, 15) is 4.79 Å². The van der Waals surface area contributed by atoms with E-state index >= 15 is 0 Å². The first kappa shape index (κ1) is 18.4. The number of hydrogen-bond donors (Lipinski definition) is 0. The molecule has 1 aromatic heterocycles. The Morgan fingerprint density at radius 2 is 1.96 bits per heavy atom. The average molecular weight is 349 g/mol. The fourth-order valence-electron chi connectivity index (χ4n) is 3.91. The van der Waals surface area contributed by atoms with Crippen LogP contribution in [0.5, 0.6) is 0 Å². The van der Waals surface area contributed by atoms with Gasteiger partial charge in [-0.15, -0.1) is 0 Å². The number of carbonyl (C=O) groups excluding carboxylic acids is 1. The van der Waals surface area contributed by atoms with Gasteiger partial charge in [0.2, 0.25) is 5.76 Å².